The van der Waals surface area contributed by atoms with E-state index in [2.05, 4.69) is 16.8 Å². The molecule has 1 unspecified atom stereocenters. The Labute approximate surface area is 120 Å². The summed E-state index contributed by atoms with van der Waals surface area (Å²) in [6, 6.07) is 2.08. The molecule has 0 amide bonds. The van der Waals surface area contributed by atoms with Crippen LogP contribution in [0.25, 0.3) is 0 Å². The minimum Gasteiger partial charge on any atom is -0.465 e. The first-order valence-electron chi connectivity index (χ1n) is 7.28. The summed E-state index contributed by atoms with van der Waals surface area (Å²) in [5, 5.41) is 0. The van der Waals surface area contributed by atoms with Crippen molar-refractivity contribution in [3.8, 4) is 0 Å². The summed E-state index contributed by atoms with van der Waals surface area (Å²) in [4.78, 5) is 18.4. The molecular weight excluding hydrogens is 254 g/mol. The van der Waals surface area contributed by atoms with E-state index in [1.807, 2.05) is 0 Å². The van der Waals surface area contributed by atoms with Crippen LogP contribution in [-0.4, -0.2) is 30.6 Å². The van der Waals surface area contributed by atoms with Crippen LogP contribution in [0.1, 0.15) is 49.4 Å². The van der Waals surface area contributed by atoms with Gasteiger partial charge in [0.25, 0.3) is 0 Å². The van der Waals surface area contributed by atoms with Crippen LogP contribution in [0.4, 0.5) is 11.5 Å². The maximum Gasteiger partial charge on any atom is 0.340 e. The van der Waals surface area contributed by atoms with Gasteiger partial charge in [0.15, 0.2) is 5.82 Å². The van der Waals surface area contributed by atoms with E-state index in [1.54, 1.807) is 12.3 Å². The number of carbonyl (C=O) groups excluding carboxylic acids is 1. The molecule has 0 aliphatic carbocycles. The molecule has 5 heteroatoms. The van der Waals surface area contributed by atoms with Crippen LogP contribution < -0.4 is 10.6 Å². The number of nitrogens with two attached hydrogens (primary N) is 1. The Balaban J connectivity index is 2.33. The first kappa shape index (κ1) is 14.6. The number of nitrogen functional groups attached to an aromatic ring is 1. The van der Waals surface area contributed by atoms with E-state index in [4.69, 9.17) is 10.5 Å². The highest BCUT2D eigenvalue weighted by Crippen LogP contribution is 2.31. The molecular formula is C15H23N3O2. The van der Waals surface area contributed by atoms with Gasteiger partial charge in [0.2, 0.25) is 0 Å². The first-order chi connectivity index (χ1) is 9.69. The zero-order valence-electron chi connectivity index (χ0n) is 12.3. The van der Waals surface area contributed by atoms with Crippen molar-refractivity contribution >= 4 is 17.5 Å². The molecule has 0 radical (unpaired) electrons. The minimum absolute atomic E-state index is 0.401. The molecule has 20 heavy (non-hydrogen) atoms. The average Bonchev–Trinajstić information content (AvgIpc) is 2.48. The lowest BCUT2D eigenvalue weighted by Gasteiger charge is -2.37. The lowest BCUT2D eigenvalue weighted by atomic mass is 9.98. The molecule has 1 aromatic heterocycles. The Bertz CT molecular complexity index is 474. The van der Waals surface area contributed by atoms with E-state index in [0.717, 1.165) is 38.0 Å². The summed E-state index contributed by atoms with van der Waals surface area (Å²) >= 11 is 0. The summed E-state index contributed by atoms with van der Waals surface area (Å²) in [6.07, 6.45) is 7.45. The monoisotopic (exact) mass is 277 g/mol. The topological polar surface area (TPSA) is 68.5 Å². The fourth-order valence-electron chi connectivity index (χ4n) is 2.89. The Morgan fingerprint density at radius 2 is 2.35 bits per heavy atom. The molecule has 2 heterocycles. The minimum atomic E-state index is -0.407. The van der Waals surface area contributed by atoms with Crippen LogP contribution in [0.5, 0.6) is 0 Å². The Hall–Kier alpha value is -1.78. The van der Waals surface area contributed by atoms with E-state index in [9.17, 15) is 4.79 Å². The number of anilines is 2. The van der Waals surface area contributed by atoms with Gasteiger partial charge >= 0.3 is 5.97 Å². The number of aromatic nitrogens is 1. The van der Waals surface area contributed by atoms with Gasteiger partial charge < -0.3 is 15.4 Å². The quantitative estimate of drug-likeness (QED) is 0.857. The summed E-state index contributed by atoms with van der Waals surface area (Å²) in [5.41, 5.74) is 6.98. The largest absolute Gasteiger partial charge is 0.465 e. The molecule has 1 saturated heterocycles. The molecule has 0 aromatic carbocycles. The van der Waals surface area contributed by atoms with Gasteiger partial charge in [-0.1, -0.05) is 13.3 Å². The number of ether oxygens (including phenoxy) is 1. The van der Waals surface area contributed by atoms with Crippen molar-refractivity contribution in [1.29, 1.82) is 0 Å². The number of esters is 1. The fraction of sp³-hybridized carbons (Fsp3) is 0.600. The molecule has 0 spiro atoms. The van der Waals surface area contributed by atoms with Gasteiger partial charge in [0, 0.05) is 18.8 Å². The van der Waals surface area contributed by atoms with E-state index in [1.165, 1.54) is 13.5 Å². The zero-order valence-corrected chi connectivity index (χ0v) is 12.3. The number of hydrogen-bond acceptors (Lipinski definition) is 5. The molecule has 0 bridgehead atoms. The second kappa shape index (κ2) is 6.59. The standard InChI is InChI=1S/C15H23N3O2/c1-3-6-11-7-4-5-10-18(11)14-13(16)12(8-9-17-14)15(19)20-2/h8-9,11H,3-7,10,16H2,1-2H3. The number of methoxy groups -OCH3 is 1. The van der Waals surface area contributed by atoms with Crippen molar-refractivity contribution in [1.82, 2.24) is 4.98 Å². The summed E-state index contributed by atoms with van der Waals surface area (Å²) in [5.74, 6) is 0.321. The second-order valence-electron chi connectivity index (χ2n) is 5.22. The average molecular weight is 277 g/mol. The van der Waals surface area contributed by atoms with Crippen molar-refractivity contribution < 1.29 is 9.53 Å². The number of pyridine rings is 1. The third kappa shape index (κ3) is 2.86. The highest BCUT2D eigenvalue weighted by atomic mass is 16.5. The maximum absolute atomic E-state index is 11.7. The van der Waals surface area contributed by atoms with Crippen LogP contribution >= 0.6 is 0 Å². The van der Waals surface area contributed by atoms with Crippen LogP contribution in [0.3, 0.4) is 0 Å². The van der Waals surface area contributed by atoms with Gasteiger partial charge in [-0.2, -0.15) is 0 Å². The van der Waals surface area contributed by atoms with E-state index in [-0.39, 0.29) is 0 Å². The predicted octanol–water partition coefficient (Wildman–Crippen LogP) is 2.61. The predicted molar refractivity (Wildman–Crippen MR) is 79.9 cm³/mol. The SMILES string of the molecule is CCCC1CCCCN1c1nccc(C(=O)OC)c1N. The lowest BCUT2D eigenvalue weighted by molar-refractivity contribution is 0.0602. The summed E-state index contributed by atoms with van der Waals surface area (Å²) in [6.45, 7) is 3.14. The Morgan fingerprint density at radius 1 is 1.55 bits per heavy atom. The number of piperidine rings is 1. The van der Waals surface area contributed by atoms with Crippen molar-refractivity contribution in [3.05, 3.63) is 17.8 Å². The number of carbonyl (C=O) groups is 1. The molecule has 0 saturated carbocycles. The number of rotatable bonds is 4. The van der Waals surface area contributed by atoms with Crippen LogP contribution in [0.2, 0.25) is 0 Å². The molecule has 5 nitrogen and oxygen atoms in total. The molecule has 1 fully saturated rings. The highest BCUT2D eigenvalue weighted by Gasteiger charge is 2.26. The van der Waals surface area contributed by atoms with Crippen LogP contribution in [0, 0.1) is 0 Å². The van der Waals surface area contributed by atoms with E-state index < -0.39 is 5.97 Å². The summed E-state index contributed by atoms with van der Waals surface area (Å²) in [7, 11) is 1.36. The van der Waals surface area contributed by atoms with Crippen molar-refractivity contribution in [3.63, 3.8) is 0 Å². The van der Waals surface area contributed by atoms with Gasteiger partial charge in [-0.15, -0.1) is 0 Å². The van der Waals surface area contributed by atoms with Crippen molar-refractivity contribution in [2.45, 2.75) is 45.1 Å². The Morgan fingerprint density at radius 3 is 3.05 bits per heavy atom. The van der Waals surface area contributed by atoms with Crippen molar-refractivity contribution in [2.24, 2.45) is 0 Å². The zero-order chi connectivity index (χ0) is 14.5. The van der Waals surface area contributed by atoms with E-state index in [0.29, 0.717) is 17.3 Å². The first-order valence-corrected chi connectivity index (χ1v) is 7.28. The van der Waals surface area contributed by atoms with Gasteiger partial charge in [-0.05, 0) is 31.7 Å². The van der Waals surface area contributed by atoms with Gasteiger partial charge in [-0.25, -0.2) is 9.78 Å². The molecule has 1 aliphatic heterocycles. The third-order valence-electron chi connectivity index (χ3n) is 3.90. The maximum atomic E-state index is 11.7. The number of hydrogen-bond donors (Lipinski definition) is 1. The summed E-state index contributed by atoms with van der Waals surface area (Å²) < 4.78 is 4.77. The molecule has 1 aromatic rings. The molecule has 2 N–H and O–H groups in total. The third-order valence-corrected chi connectivity index (χ3v) is 3.90. The molecule has 2 rings (SSSR count). The van der Waals surface area contributed by atoms with E-state index >= 15 is 0 Å². The smallest absolute Gasteiger partial charge is 0.340 e. The van der Waals surface area contributed by atoms with Gasteiger partial charge in [0.05, 0.1) is 18.4 Å². The molecule has 110 valence electrons. The Kier molecular flexibility index (Phi) is 4.82. The number of nitrogens with zero attached hydrogens (tertiary/aromatic N) is 2. The molecule has 1 aliphatic rings. The van der Waals surface area contributed by atoms with Gasteiger partial charge in [0.1, 0.15) is 0 Å². The van der Waals surface area contributed by atoms with Crippen molar-refractivity contribution in [2.75, 3.05) is 24.3 Å². The highest BCUT2D eigenvalue weighted by molar-refractivity contribution is 5.97. The lowest BCUT2D eigenvalue weighted by Crippen LogP contribution is -2.40. The van der Waals surface area contributed by atoms with Crippen LogP contribution in [0.15, 0.2) is 12.3 Å². The normalized spacial score (nSPS) is 18.9. The second-order valence-corrected chi connectivity index (χ2v) is 5.22. The molecule has 1 atom stereocenters. The fourth-order valence-corrected chi connectivity index (χ4v) is 2.89. The van der Waals surface area contributed by atoms with Crippen LogP contribution in [-0.2, 0) is 4.74 Å². The van der Waals surface area contributed by atoms with Gasteiger partial charge in [-0.3, -0.25) is 0 Å².